The molecule has 1 fully saturated rings. The first-order valence-electron chi connectivity index (χ1n) is 13.0. The van der Waals surface area contributed by atoms with Crippen LogP contribution in [0.3, 0.4) is 0 Å². The van der Waals surface area contributed by atoms with E-state index in [1.807, 2.05) is 66.7 Å². The van der Waals surface area contributed by atoms with Crippen LogP contribution in [0.5, 0.6) is 5.75 Å². The fourth-order valence-electron chi connectivity index (χ4n) is 5.30. The highest BCUT2D eigenvalue weighted by Crippen LogP contribution is 2.37. The van der Waals surface area contributed by atoms with Gasteiger partial charge in [-0.2, -0.15) is 0 Å². The number of aromatic nitrogens is 4. The number of rotatable bonds is 7. The van der Waals surface area contributed by atoms with Crippen LogP contribution in [0.15, 0.2) is 91.3 Å². The molecule has 1 aliphatic carbocycles. The van der Waals surface area contributed by atoms with Gasteiger partial charge in [0.05, 0.1) is 28.0 Å². The van der Waals surface area contributed by atoms with E-state index in [-0.39, 0.29) is 5.56 Å². The summed E-state index contributed by atoms with van der Waals surface area (Å²) in [5, 5.41) is 9.50. The molecule has 0 bridgehead atoms. The fourth-order valence-corrected chi connectivity index (χ4v) is 5.30. The van der Waals surface area contributed by atoms with Gasteiger partial charge in [-0.05, 0) is 79.6 Å². The molecule has 1 saturated carbocycles. The summed E-state index contributed by atoms with van der Waals surface area (Å²) in [4.78, 5) is 25.5. The summed E-state index contributed by atoms with van der Waals surface area (Å²) in [5.41, 5.74) is 4.45. The topological polar surface area (TPSA) is 90.1 Å². The second-order valence-electron chi connectivity index (χ2n) is 9.64. The summed E-state index contributed by atoms with van der Waals surface area (Å²) in [5.74, 6) is 0.605. The van der Waals surface area contributed by atoms with Crippen molar-refractivity contribution in [3.8, 4) is 17.1 Å². The van der Waals surface area contributed by atoms with Gasteiger partial charge in [0.15, 0.2) is 6.10 Å². The van der Waals surface area contributed by atoms with Gasteiger partial charge in [-0.15, -0.1) is 0 Å². The molecule has 7 nitrogen and oxygen atoms in total. The molecule has 7 heteroatoms. The van der Waals surface area contributed by atoms with Crippen LogP contribution in [0.2, 0.25) is 0 Å². The Morgan fingerprint density at radius 1 is 0.868 bits per heavy atom. The Morgan fingerprint density at radius 3 is 2.16 bits per heavy atom. The summed E-state index contributed by atoms with van der Waals surface area (Å²) in [6.07, 6.45) is 8.88. The van der Waals surface area contributed by atoms with Crippen LogP contribution < -0.4 is 4.74 Å². The fraction of sp³-hybridized carbons (Fsp3) is 0.226. The molecule has 1 N–H and O–H groups in total. The van der Waals surface area contributed by atoms with Gasteiger partial charge in [-0.1, -0.05) is 31.4 Å². The molecule has 38 heavy (non-hydrogen) atoms. The highest BCUT2D eigenvalue weighted by Gasteiger charge is 2.24. The van der Waals surface area contributed by atoms with Crippen LogP contribution in [0, 0.1) is 0 Å². The Bertz CT molecular complexity index is 1500. The molecule has 3 heterocycles. The van der Waals surface area contributed by atoms with Crippen molar-refractivity contribution in [2.24, 2.45) is 0 Å². The SMILES string of the molecule is O=C(O)c1ccc2c(c1)nc(-c1ccc(OC(c3ccccn3)c3ccccn3)cc1)n2C1CCCCC1. The number of carboxylic acids is 1. The quantitative estimate of drug-likeness (QED) is 0.260. The van der Waals surface area contributed by atoms with Crippen molar-refractivity contribution in [2.75, 3.05) is 0 Å². The minimum Gasteiger partial charge on any atom is -0.478 e. The number of hydrogen-bond donors (Lipinski definition) is 1. The molecule has 5 aromatic rings. The van der Waals surface area contributed by atoms with Gasteiger partial charge in [-0.25, -0.2) is 9.78 Å². The molecule has 0 unspecified atom stereocenters. The first kappa shape index (κ1) is 23.9. The van der Waals surface area contributed by atoms with E-state index in [1.165, 1.54) is 19.3 Å². The second kappa shape index (κ2) is 10.5. The van der Waals surface area contributed by atoms with Crippen molar-refractivity contribution in [3.05, 3.63) is 108 Å². The monoisotopic (exact) mass is 504 g/mol. The normalized spacial score (nSPS) is 14.1. The van der Waals surface area contributed by atoms with Crippen LogP contribution >= 0.6 is 0 Å². The molecule has 0 spiro atoms. The van der Waals surface area contributed by atoms with Crippen molar-refractivity contribution >= 4 is 17.0 Å². The lowest BCUT2D eigenvalue weighted by Gasteiger charge is -2.25. The molecule has 0 amide bonds. The molecule has 0 radical (unpaired) electrons. The molecule has 0 atom stereocenters. The summed E-state index contributed by atoms with van der Waals surface area (Å²) in [6, 6.07) is 25.0. The number of fused-ring (bicyclic) bond motifs is 1. The minimum atomic E-state index is -0.947. The standard InChI is InChI=1S/C31H28N4O3/c36-31(37)22-14-17-28-27(20-22)34-30(35(28)23-8-2-1-3-9-23)21-12-15-24(16-13-21)38-29(25-10-4-6-18-32-25)26-11-5-7-19-33-26/h4-7,10-20,23,29H,1-3,8-9H2,(H,36,37). The zero-order valence-electron chi connectivity index (χ0n) is 20.9. The number of ether oxygens (including phenoxy) is 1. The molecule has 2 aromatic carbocycles. The van der Waals surface area contributed by atoms with E-state index in [9.17, 15) is 9.90 Å². The maximum absolute atomic E-state index is 11.6. The maximum Gasteiger partial charge on any atom is 0.335 e. The van der Waals surface area contributed by atoms with E-state index >= 15 is 0 Å². The van der Waals surface area contributed by atoms with Crippen molar-refractivity contribution in [1.29, 1.82) is 0 Å². The number of hydrogen-bond acceptors (Lipinski definition) is 5. The lowest BCUT2D eigenvalue weighted by Crippen LogP contribution is -2.14. The van der Waals surface area contributed by atoms with E-state index in [1.54, 1.807) is 24.5 Å². The predicted molar refractivity (Wildman–Crippen MR) is 145 cm³/mol. The number of aromatic carboxylic acids is 1. The smallest absolute Gasteiger partial charge is 0.335 e. The van der Waals surface area contributed by atoms with Gasteiger partial charge in [0.2, 0.25) is 0 Å². The van der Waals surface area contributed by atoms with Gasteiger partial charge in [0.25, 0.3) is 0 Å². The van der Waals surface area contributed by atoms with E-state index in [2.05, 4.69) is 14.5 Å². The summed E-state index contributed by atoms with van der Waals surface area (Å²) < 4.78 is 8.71. The van der Waals surface area contributed by atoms with Crippen molar-refractivity contribution in [3.63, 3.8) is 0 Å². The van der Waals surface area contributed by atoms with Crippen LogP contribution in [-0.4, -0.2) is 30.6 Å². The third-order valence-corrected chi connectivity index (χ3v) is 7.16. The molecular weight excluding hydrogens is 476 g/mol. The third kappa shape index (κ3) is 4.75. The van der Waals surface area contributed by atoms with E-state index < -0.39 is 12.1 Å². The maximum atomic E-state index is 11.6. The van der Waals surface area contributed by atoms with Crippen molar-refractivity contribution < 1.29 is 14.6 Å². The van der Waals surface area contributed by atoms with Crippen molar-refractivity contribution in [2.45, 2.75) is 44.2 Å². The molecule has 0 saturated heterocycles. The average molecular weight is 505 g/mol. The lowest BCUT2D eigenvalue weighted by molar-refractivity contribution is 0.0697. The van der Waals surface area contributed by atoms with Crippen LogP contribution in [0.25, 0.3) is 22.4 Å². The lowest BCUT2D eigenvalue weighted by atomic mass is 9.95. The highest BCUT2D eigenvalue weighted by molar-refractivity contribution is 5.93. The van der Waals surface area contributed by atoms with Gasteiger partial charge in [0, 0.05) is 24.0 Å². The molecule has 190 valence electrons. The van der Waals surface area contributed by atoms with Crippen LogP contribution in [0.1, 0.15) is 66.0 Å². The van der Waals surface area contributed by atoms with E-state index in [0.29, 0.717) is 17.3 Å². The number of carbonyl (C=O) groups is 1. The first-order valence-corrected chi connectivity index (χ1v) is 13.0. The Hall–Kier alpha value is -4.52. The molecular formula is C31H28N4O3. The number of pyridine rings is 2. The minimum absolute atomic E-state index is 0.246. The Labute approximate surface area is 220 Å². The molecule has 6 rings (SSSR count). The molecule has 3 aromatic heterocycles. The van der Waals surface area contributed by atoms with Gasteiger partial charge in [0.1, 0.15) is 11.6 Å². The summed E-state index contributed by atoms with van der Waals surface area (Å²) in [6.45, 7) is 0. The zero-order valence-corrected chi connectivity index (χ0v) is 20.9. The number of nitrogens with zero attached hydrogens (tertiary/aromatic N) is 4. The predicted octanol–water partition coefficient (Wildman–Crippen LogP) is 6.87. The third-order valence-electron chi connectivity index (χ3n) is 7.16. The Morgan fingerprint density at radius 2 is 1.55 bits per heavy atom. The second-order valence-corrected chi connectivity index (χ2v) is 9.64. The highest BCUT2D eigenvalue weighted by atomic mass is 16.5. The van der Waals surface area contributed by atoms with Crippen molar-refractivity contribution in [1.82, 2.24) is 19.5 Å². The number of imidazole rings is 1. The molecule has 1 aliphatic rings. The molecule has 0 aliphatic heterocycles. The number of benzene rings is 2. The Balaban J connectivity index is 1.36. The Kier molecular flexibility index (Phi) is 6.56. The van der Waals surface area contributed by atoms with Crippen LogP contribution in [0.4, 0.5) is 0 Å². The van der Waals surface area contributed by atoms with Gasteiger partial charge in [-0.3, -0.25) is 9.97 Å². The summed E-state index contributed by atoms with van der Waals surface area (Å²) >= 11 is 0. The zero-order chi connectivity index (χ0) is 25.9. The largest absolute Gasteiger partial charge is 0.478 e. The van der Waals surface area contributed by atoms with Crippen LogP contribution in [-0.2, 0) is 0 Å². The number of carboxylic acid groups (broad SMARTS) is 1. The first-order chi connectivity index (χ1) is 18.7. The van der Waals surface area contributed by atoms with Gasteiger partial charge >= 0.3 is 5.97 Å². The summed E-state index contributed by atoms with van der Waals surface area (Å²) in [7, 11) is 0. The van der Waals surface area contributed by atoms with E-state index in [4.69, 9.17) is 9.72 Å². The average Bonchev–Trinajstić information content (AvgIpc) is 3.36. The van der Waals surface area contributed by atoms with Gasteiger partial charge < -0.3 is 14.4 Å². The van der Waals surface area contributed by atoms with E-state index in [0.717, 1.165) is 41.1 Å².